The van der Waals surface area contributed by atoms with Gasteiger partial charge >= 0.3 is 0 Å². The first-order valence-corrected chi connectivity index (χ1v) is 7.63. The van der Waals surface area contributed by atoms with E-state index < -0.39 is 13.0 Å². The van der Waals surface area contributed by atoms with Gasteiger partial charge in [0.25, 0.3) is 6.43 Å². The SMILES string of the molecule is COc1ccc(NC(N)=NCc2cccc(OCC(F)F)n2)cc1Cl.I. The summed E-state index contributed by atoms with van der Waals surface area (Å²) in [6.07, 6.45) is -2.56. The summed E-state index contributed by atoms with van der Waals surface area (Å²) in [4.78, 5) is 8.22. The number of aliphatic imine (C=N–C) groups is 1. The van der Waals surface area contributed by atoms with Crippen LogP contribution in [0.5, 0.6) is 11.6 Å². The Bertz CT molecular complexity index is 750. The second kappa shape index (κ2) is 11.0. The van der Waals surface area contributed by atoms with Crippen LogP contribution >= 0.6 is 35.6 Å². The van der Waals surface area contributed by atoms with Crippen LogP contribution in [0.25, 0.3) is 0 Å². The molecule has 0 atom stereocenters. The van der Waals surface area contributed by atoms with Crippen molar-refractivity contribution in [2.24, 2.45) is 10.7 Å². The molecule has 142 valence electrons. The summed E-state index contributed by atoms with van der Waals surface area (Å²) in [5, 5.41) is 3.32. The summed E-state index contributed by atoms with van der Waals surface area (Å²) in [6, 6.07) is 9.92. The number of ether oxygens (including phenoxy) is 2. The van der Waals surface area contributed by atoms with Crippen LogP contribution in [-0.2, 0) is 6.54 Å². The number of nitrogens with one attached hydrogen (secondary N) is 1. The molecule has 1 aromatic carbocycles. The van der Waals surface area contributed by atoms with E-state index >= 15 is 0 Å². The van der Waals surface area contributed by atoms with Crippen LogP contribution in [-0.4, -0.2) is 31.1 Å². The van der Waals surface area contributed by atoms with Crippen LogP contribution in [0.3, 0.4) is 0 Å². The minimum absolute atomic E-state index is 0. The Morgan fingerprint density at radius 1 is 1.35 bits per heavy atom. The van der Waals surface area contributed by atoms with Gasteiger partial charge in [-0.1, -0.05) is 17.7 Å². The fraction of sp³-hybridized carbons (Fsp3) is 0.250. The Morgan fingerprint density at radius 3 is 2.77 bits per heavy atom. The molecular formula is C16H18ClF2IN4O2. The average Bonchev–Trinajstić information content (AvgIpc) is 2.59. The molecule has 1 heterocycles. The van der Waals surface area contributed by atoms with E-state index in [0.29, 0.717) is 22.2 Å². The van der Waals surface area contributed by atoms with Crippen molar-refractivity contribution in [1.29, 1.82) is 0 Å². The number of anilines is 1. The number of alkyl halides is 2. The topological polar surface area (TPSA) is 81.8 Å². The molecule has 0 unspecified atom stereocenters. The van der Waals surface area contributed by atoms with Crippen LogP contribution in [0.15, 0.2) is 41.4 Å². The largest absolute Gasteiger partial charge is 0.495 e. The fourth-order valence-corrected chi connectivity index (χ4v) is 2.13. The third-order valence-electron chi connectivity index (χ3n) is 2.97. The molecule has 0 aliphatic carbocycles. The second-order valence-electron chi connectivity index (χ2n) is 4.85. The van der Waals surface area contributed by atoms with Crippen molar-refractivity contribution in [3.63, 3.8) is 0 Å². The number of aromatic nitrogens is 1. The van der Waals surface area contributed by atoms with Gasteiger partial charge in [0.2, 0.25) is 5.88 Å². The van der Waals surface area contributed by atoms with Crippen LogP contribution < -0.4 is 20.5 Å². The first-order chi connectivity index (χ1) is 12.0. The number of rotatable bonds is 7. The Hall–Kier alpha value is -1.88. The highest BCUT2D eigenvalue weighted by Crippen LogP contribution is 2.27. The lowest BCUT2D eigenvalue weighted by atomic mass is 10.3. The predicted molar refractivity (Wildman–Crippen MR) is 108 cm³/mol. The molecule has 3 N–H and O–H groups in total. The van der Waals surface area contributed by atoms with Crippen molar-refractivity contribution in [3.05, 3.63) is 47.1 Å². The molecule has 26 heavy (non-hydrogen) atoms. The number of pyridine rings is 1. The molecule has 0 saturated heterocycles. The second-order valence-corrected chi connectivity index (χ2v) is 5.25. The quantitative estimate of drug-likeness (QED) is 0.343. The molecule has 2 rings (SSSR count). The maximum absolute atomic E-state index is 12.1. The molecular weight excluding hydrogens is 481 g/mol. The van der Waals surface area contributed by atoms with Gasteiger partial charge in [-0.25, -0.2) is 18.8 Å². The summed E-state index contributed by atoms with van der Waals surface area (Å²) in [5.74, 6) is 0.816. The van der Waals surface area contributed by atoms with Crippen molar-refractivity contribution in [2.75, 3.05) is 19.0 Å². The van der Waals surface area contributed by atoms with Gasteiger partial charge in [0.15, 0.2) is 12.6 Å². The Morgan fingerprint density at radius 2 is 2.12 bits per heavy atom. The number of methoxy groups -OCH3 is 1. The summed E-state index contributed by atoms with van der Waals surface area (Å²) >= 11 is 6.03. The maximum atomic E-state index is 12.1. The Labute approximate surface area is 171 Å². The minimum Gasteiger partial charge on any atom is -0.495 e. The lowest BCUT2D eigenvalue weighted by Gasteiger charge is -2.09. The molecule has 0 fully saturated rings. The molecule has 0 aliphatic rings. The fourth-order valence-electron chi connectivity index (χ4n) is 1.87. The molecule has 0 radical (unpaired) electrons. The van der Waals surface area contributed by atoms with Crippen LogP contribution in [0.4, 0.5) is 14.5 Å². The molecule has 10 heteroatoms. The number of nitrogens with zero attached hydrogens (tertiary/aromatic N) is 2. The monoisotopic (exact) mass is 498 g/mol. The van der Waals surface area contributed by atoms with Gasteiger partial charge in [-0.3, -0.25) is 0 Å². The van der Waals surface area contributed by atoms with E-state index in [2.05, 4.69) is 15.3 Å². The zero-order valence-corrected chi connectivity index (χ0v) is 16.9. The van der Waals surface area contributed by atoms with Gasteiger partial charge < -0.3 is 20.5 Å². The zero-order valence-electron chi connectivity index (χ0n) is 13.8. The van der Waals surface area contributed by atoms with Crippen molar-refractivity contribution in [1.82, 2.24) is 4.98 Å². The number of benzene rings is 1. The molecule has 6 nitrogen and oxygen atoms in total. The summed E-state index contributed by atoms with van der Waals surface area (Å²) in [7, 11) is 1.52. The van der Waals surface area contributed by atoms with E-state index in [-0.39, 0.29) is 42.4 Å². The lowest BCUT2D eigenvalue weighted by Crippen LogP contribution is -2.22. The molecule has 0 bridgehead atoms. The highest BCUT2D eigenvalue weighted by molar-refractivity contribution is 14.0. The van der Waals surface area contributed by atoms with Gasteiger partial charge in [0, 0.05) is 11.8 Å². The third-order valence-corrected chi connectivity index (χ3v) is 3.27. The van der Waals surface area contributed by atoms with E-state index in [1.807, 2.05) is 0 Å². The maximum Gasteiger partial charge on any atom is 0.272 e. The van der Waals surface area contributed by atoms with Gasteiger partial charge in [-0.2, -0.15) is 0 Å². The van der Waals surface area contributed by atoms with Gasteiger partial charge in [-0.05, 0) is 24.3 Å². The van der Waals surface area contributed by atoms with Crippen molar-refractivity contribution in [3.8, 4) is 11.6 Å². The molecule has 0 spiro atoms. The molecule has 0 amide bonds. The van der Waals surface area contributed by atoms with Crippen LogP contribution in [0.2, 0.25) is 5.02 Å². The first-order valence-electron chi connectivity index (χ1n) is 7.25. The summed E-state index contributed by atoms with van der Waals surface area (Å²) in [6.45, 7) is -0.545. The number of hydrogen-bond donors (Lipinski definition) is 2. The normalized spacial score (nSPS) is 11.0. The molecule has 0 aliphatic heterocycles. The highest BCUT2D eigenvalue weighted by Gasteiger charge is 2.06. The van der Waals surface area contributed by atoms with Crippen molar-refractivity contribution >= 4 is 47.2 Å². The number of halogens is 4. The van der Waals surface area contributed by atoms with Crippen LogP contribution in [0, 0.1) is 0 Å². The zero-order chi connectivity index (χ0) is 18.2. The van der Waals surface area contributed by atoms with Crippen LogP contribution in [0.1, 0.15) is 5.69 Å². The number of guanidine groups is 1. The number of hydrogen-bond acceptors (Lipinski definition) is 4. The number of nitrogens with two attached hydrogens (primary N) is 1. The van der Waals surface area contributed by atoms with Gasteiger partial charge in [-0.15, -0.1) is 24.0 Å². The third kappa shape index (κ3) is 7.16. The predicted octanol–water partition coefficient (Wildman–Crippen LogP) is 3.93. The van der Waals surface area contributed by atoms with E-state index in [1.54, 1.807) is 30.3 Å². The van der Waals surface area contributed by atoms with E-state index in [1.165, 1.54) is 13.2 Å². The van der Waals surface area contributed by atoms with Crippen molar-refractivity contribution in [2.45, 2.75) is 13.0 Å². The van der Waals surface area contributed by atoms with E-state index in [4.69, 9.17) is 26.8 Å². The van der Waals surface area contributed by atoms with Gasteiger partial charge in [0.05, 0.1) is 24.4 Å². The lowest BCUT2D eigenvalue weighted by molar-refractivity contribution is 0.0795. The Balaban J connectivity index is 0.00000338. The average molecular weight is 499 g/mol. The van der Waals surface area contributed by atoms with Crippen molar-refractivity contribution < 1.29 is 18.3 Å². The van der Waals surface area contributed by atoms with E-state index in [9.17, 15) is 8.78 Å². The smallest absolute Gasteiger partial charge is 0.272 e. The summed E-state index contributed by atoms with van der Waals surface area (Å²) < 4.78 is 34.2. The molecule has 1 aromatic heterocycles. The molecule has 0 saturated carbocycles. The van der Waals surface area contributed by atoms with Gasteiger partial charge in [0.1, 0.15) is 5.75 Å². The molecule has 2 aromatic rings. The first kappa shape index (κ1) is 22.2. The summed E-state index contributed by atoms with van der Waals surface area (Å²) in [5.41, 5.74) is 7.00. The minimum atomic E-state index is -2.56. The standard InChI is InChI=1S/C16H17ClF2N4O2.HI/c1-24-13-6-5-10(7-12(13)17)23-16(20)21-8-11-3-2-4-15(22-11)25-9-14(18)19;/h2-7,14H,8-9H2,1H3,(H3,20,21,23);1H. The Kier molecular flexibility index (Phi) is 9.35. The van der Waals surface area contributed by atoms with E-state index in [0.717, 1.165) is 0 Å². The highest BCUT2D eigenvalue weighted by atomic mass is 127.